The molecule has 2 atom stereocenters. The van der Waals surface area contributed by atoms with Gasteiger partial charge >= 0.3 is 0 Å². The topological polar surface area (TPSA) is 77.0 Å². The van der Waals surface area contributed by atoms with Gasteiger partial charge < -0.3 is 15.4 Å². The molecule has 2 heterocycles. The average molecular weight is 244 g/mol. The maximum Gasteiger partial charge on any atom is 0.166 e. The first kappa shape index (κ1) is 11.4. The van der Waals surface area contributed by atoms with Gasteiger partial charge in [-0.2, -0.15) is 0 Å². The van der Waals surface area contributed by atoms with Gasteiger partial charge in [0.15, 0.2) is 5.82 Å². The summed E-state index contributed by atoms with van der Waals surface area (Å²) >= 11 is 0. The zero-order valence-electron chi connectivity index (χ0n) is 10.0. The molecule has 5 nitrogen and oxygen atoms in total. The second-order valence-corrected chi connectivity index (χ2v) is 4.70. The third-order valence-corrected chi connectivity index (χ3v) is 3.37. The molecule has 2 unspecified atom stereocenters. The zero-order valence-corrected chi connectivity index (χ0v) is 10.0. The van der Waals surface area contributed by atoms with Crippen LogP contribution in [0.5, 0.6) is 0 Å². The van der Waals surface area contributed by atoms with Gasteiger partial charge in [0.1, 0.15) is 11.9 Å². The number of aromatic nitrogens is 3. The number of aryl methyl sites for hydroxylation is 1. The van der Waals surface area contributed by atoms with Crippen LogP contribution in [0.25, 0.3) is 0 Å². The van der Waals surface area contributed by atoms with Crippen molar-refractivity contribution in [1.82, 2.24) is 14.8 Å². The molecule has 94 valence electrons. The molecule has 0 saturated carbocycles. The van der Waals surface area contributed by atoms with Crippen LogP contribution in [0.2, 0.25) is 0 Å². The van der Waals surface area contributed by atoms with Gasteiger partial charge in [-0.25, -0.2) is 0 Å². The molecule has 0 saturated heterocycles. The Morgan fingerprint density at radius 2 is 2.06 bits per heavy atom. The molecule has 3 rings (SSSR count). The smallest absolute Gasteiger partial charge is 0.166 e. The van der Waals surface area contributed by atoms with E-state index in [-0.39, 0.29) is 6.04 Å². The molecule has 3 N–H and O–H groups in total. The molecule has 2 aromatic rings. The van der Waals surface area contributed by atoms with Crippen molar-refractivity contribution >= 4 is 0 Å². The van der Waals surface area contributed by atoms with Gasteiger partial charge in [-0.15, -0.1) is 10.2 Å². The van der Waals surface area contributed by atoms with Crippen molar-refractivity contribution in [1.29, 1.82) is 0 Å². The Morgan fingerprint density at radius 1 is 1.28 bits per heavy atom. The van der Waals surface area contributed by atoms with Crippen LogP contribution in [0, 0.1) is 0 Å². The van der Waals surface area contributed by atoms with Crippen LogP contribution in [0.1, 0.15) is 29.7 Å². The van der Waals surface area contributed by atoms with Crippen LogP contribution < -0.4 is 5.73 Å². The minimum absolute atomic E-state index is 0.121. The molecule has 18 heavy (non-hydrogen) atoms. The van der Waals surface area contributed by atoms with Crippen molar-refractivity contribution in [2.75, 3.05) is 0 Å². The molecular weight excluding hydrogens is 228 g/mol. The molecule has 0 bridgehead atoms. The van der Waals surface area contributed by atoms with Crippen LogP contribution in [0.3, 0.4) is 0 Å². The van der Waals surface area contributed by atoms with E-state index in [9.17, 15) is 5.11 Å². The van der Waals surface area contributed by atoms with Gasteiger partial charge in [0.25, 0.3) is 0 Å². The lowest BCUT2D eigenvalue weighted by Gasteiger charge is -2.22. The summed E-state index contributed by atoms with van der Waals surface area (Å²) in [5.74, 6) is 1.51. The Labute approximate surface area is 105 Å². The molecule has 0 amide bonds. The van der Waals surface area contributed by atoms with Gasteiger partial charge in [0.2, 0.25) is 0 Å². The summed E-state index contributed by atoms with van der Waals surface area (Å²) in [5.41, 5.74) is 6.78. The highest BCUT2D eigenvalue weighted by atomic mass is 16.3. The Kier molecular flexibility index (Phi) is 2.85. The molecule has 0 spiro atoms. The molecule has 5 heteroatoms. The van der Waals surface area contributed by atoms with Crippen LogP contribution in [0.15, 0.2) is 30.3 Å². The number of nitrogens with two attached hydrogens (primary N) is 1. The van der Waals surface area contributed by atoms with E-state index < -0.39 is 6.10 Å². The summed E-state index contributed by atoms with van der Waals surface area (Å²) in [7, 11) is 0. The number of nitrogens with zero attached hydrogens (tertiary/aromatic N) is 3. The monoisotopic (exact) mass is 244 g/mol. The van der Waals surface area contributed by atoms with Gasteiger partial charge in [-0.3, -0.25) is 0 Å². The van der Waals surface area contributed by atoms with Gasteiger partial charge in [-0.1, -0.05) is 30.3 Å². The molecule has 1 aromatic carbocycles. The second kappa shape index (κ2) is 4.51. The van der Waals surface area contributed by atoms with Crippen LogP contribution in [-0.2, 0) is 13.0 Å². The molecule has 0 fully saturated rings. The standard InChI is InChI=1S/C13H16N4O/c14-10-6-7-11-15-16-13(17(11)8-10)12(18)9-4-2-1-3-5-9/h1-5,10,12,18H,6-8,14H2. The van der Waals surface area contributed by atoms with Crippen molar-refractivity contribution in [2.45, 2.75) is 31.5 Å². The molecule has 1 aliphatic heterocycles. The Balaban J connectivity index is 1.96. The van der Waals surface area contributed by atoms with Crippen molar-refractivity contribution in [2.24, 2.45) is 5.73 Å². The van der Waals surface area contributed by atoms with E-state index in [1.165, 1.54) is 0 Å². The van der Waals surface area contributed by atoms with Crippen LogP contribution in [0.4, 0.5) is 0 Å². The third kappa shape index (κ3) is 1.91. The van der Waals surface area contributed by atoms with Crippen molar-refractivity contribution < 1.29 is 5.11 Å². The number of hydrogen-bond acceptors (Lipinski definition) is 4. The quantitative estimate of drug-likeness (QED) is 0.812. The number of rotatable bonds is 2. The average Bonchev–Trinajstić information content (AvgIpc) is 2.82. The first-order chi connectivity index (χ1) is 8.75. The summed E-state index contributed by atoms with van der Waals surface area (Å²) < 4.78 is 1.95. The maximum atomic E-state index is 10.4. The summed E-state index contributed by atoms with van der Waals surface area (Å²) in [6.07, 6.45) is 1.02. The summed E-state index contributed by atoms with van der Waals surface area (Å²) in [4.78, 5) is 0. The van der Waals surface area contributed by atoms with Gasteiger partial charge in [0, 0.05) is 19.0 Å². The van der Waals surface area contributed by atoms with E-state index in [1.807, 2.05) is 34.9 Å². The molecule has 1 aromatic heterocycles. The van der Waals surface area contributed by atoms with Crippen molar-refractivity contribution in [3.63, 3.8) is 0 Å². The summed E-state index contributed by atoms with van der Waals surface area (Å²) in [6, 6.07) is 9.61. The fourth-order valence-corrected chi connectivity index (χ4v) is 2.36. The SMILES string of the molecule is NC1CCc2nnc(C(O)c3ccccc3)n2C1. The Bertz CT molecular complexity index is 537. The number of benzene rings is 1. The number of aliphatic hydroxyl groups excluding tert-OH is 1. The molecule has 0 radical (unpaired) electrons. The van der Waals surface area contributed by atoms with Gasteiger partial charge in [-0.05, 0) is 12.0 Å². The highest BCUT2D eigenvalue weighted by molar-refractivity contribution is 5.23. The van der Waals surface area contributed by atoms with E-state index in [0.29, 0.717) is 12.4 Å². The predicted octanol–water partition coefficient (Wildman–Crippen LogP) is 0.633. The van der Waals surface area contributed by atoms with Crippen LogP contribution in [-0.4, -0.2) is 25.9 Å². The highest BCUT2D eigenvalue weighted by Gasteiger charge is 2.24. The van der Waals surface area contributed by atoms with Crippen LogP contribution >= 0.6 is 0 Å². The predicted molar refractivity (Wildman–Crippen MR) is 66.8 cm³/mol. The molecule has 1 aliphatic rings. The molecular formula is C13H16N4O. The Hall–Kier alpha value is -1.72. The van der Waals surface area contributed by atoms with Crippen molar-refractivity contribution in [3.05, 3.63) is 47.5 Å². The van der Waals surface area contributed by atoms with E-state index in [4.69, 9.17) is 5.73 Å². The molecule has 0 aliphatic carbocycles. The van der Waals surface area contributed by atoms with E-state index in [1.54, 1.807) is 0 Å². The normalized spacial score (nSPS) is 20.4. The first-order valence-electron chi connectivity index (χ1n) is 6.16. The first-order valence-corrected chi connectivity index (χ1v) is 6.16. The highest BCUT2D eigenvalue weighted by Crippen LogP contribution is 2.23. The lowest BCUT2D eigenvalue weighted by Crippen LogP contribution is -2.33. The summed E-state index contributed by atoms with van der Waals surface area (Å²) in [6.45, 7) is 0.682. The van der Waals surface area contributed by atoms with Gasteiger partial charge in [0.05, 0.1) is 0 Å². The largest absolute Gasteiger partial charge is 0.380 e. The zero-order chi connectivity index (χ0) is 12.5. The van der Waals surface area contributed by atoms with E-state index >= 15 is 0 Å². The number of hydrogen-bond donors (Lipinski definition) is 2. The minimum atomic E-state index is -0.738. The van der Waals surface area contributed by atoms with E-state index in [0.717, 1.165) is 24.2 Å². The second-order valence-electron chi connectivity index (χ2n) is 4.70. The lowest BCUT2D eigenvalue weighted by molar-refractivity contribution is 0.201. The minimum Gasteiger partial charge on any atom is -0.380 e. The van der Waals surface area contributed by atoms with E-state index in [2.05, 4.69) is 10.2 Å². The Morgan fingerprint density at radius 3 is 2.83 bits per heavy atom. The lowest BCUT2D eigenvalue weighted by atomic mass is 10.1. The summed E-state index contributed by atoms with van der Waals surface area (Å²) in [5, 5.41) is 18.6. The fraction of sp³-hybridized carbons (Fsp3) is 0.385. The third-order valence-electron chi connectivity index (χ3n) is 3.37. The fourth-order valence-electron chi connectivity index (χ4n) is 2.36. The van der Waals surface area contributed by atoms with Crippen molar-refractivity contribution in [3.8, 4) is 0 Å². The number of aliphatic hydroxyl groups is 1. The number of fused-ring (bicyclic) bond motifs is 1. The maximum absolute atomic E-state index is 10.4.